The number of anilines is 1. The summed E-state index contributed by atoms with van der Waals surface area (Å²) in [6.07, 6.45) is -4.60. The van der Waals surface area contributed by atoms with Gasteiger partial charge in [0.25, 0.3) is 0 Å². The second-order valence-electron chi connectivity index (χ2n) is 10.0. The molecule has 0 spiro atoms. The van der Waals surface area contributed by atoms with E-state index in [4.69, 9.17) is 10.8 Å². The molecule has 0 aromatic heterocycles. The highest BCUT2D eigenvalue weighted by Crippen LogP contribution is 2.40. The van der Waals surface area contributed by atoms with Crippen LogP contribution in [0, 0.1) is 17.2 Å². The van der Waals surface area contributed by atoms with E-state index in [1.54, 1.807) is 32.0 Å². The van der Waals surface area contributed by atoms with Crippen molar-refractivity contribution in [1.82, 2.24) is 9.80 Å². The third-order valence-corrected chi connectivity index (χ3v) is 6.90. The SMILES string of the molecule is CC(C)C[C@@H](C(N)=O)N(CC#N)C(c1ccc(-c2ccc(N3CCN(CCO)CC3)cc2)cc1)C(F)(F)F. The van der Waals surface area contributed by atoms with Crippen LogP contribution in [0.3, 0.4) is 0 Å². The average Bonchev–Trinajstić information content (AvgIpc) is 2.87. The molecule has 7 nitrogen and oxygen atoms in total. The molecule has 1 aliphatic heterocycles. The molecule has 0 bridgehead atoms. The molecule has 1 saturated heterocycles. The zero-order chi connectivity index (χ0) is 27.9. The Labute approximate surface area is 222 Å². The minimum atomic E-state index is -4.72. The summed E-state index contributed by atoms with van der Waals surface area (Å²) in [5.74, 6) is -0.966. The topological polar surface area (TPSA) is 96.8 Å². The number of piperazine rings is 1. The molecule has 1 heterocycles. The molecule has 0 saturated carbocycles. The van der Waals surface area contributed by atoms with E-state index < -0.39 is 30.7 Å². The summed E-state index contributed by atoms with van der Waals surface area (Å²) in [7, 11) is 0. The minimum absolute atomic E-state index is 0.0520. The number of nitriles is 1. The van der Waals surface area contributed by atoms with E-state index in [-0.39, 0.29) is 24.5 Å². The molecule has 3 rings (SSSR count). The van der Waals surface area contributed by atoms with E-state index in [1.165, 1.54) is 12.1 Å². The zero-order valence-electron chi connectivity index (χ0n) is 21.9. The first-order chi connectivity index (χ1) is 18.0. The second kappa shape index (κ2) is 13.1. The molecule has 2 aromatic rings. The maximum Gasteiger partial charge on any atom is 0.408 e. The number of benzene rings is 2. The highest BCUT2D eigenvalue weighted by molar-refractivity contribution is 5.80. The Morgan fingerprint density at radius 3 is 2.05 bits per heavy atom. The lowest BCUT2D eigenvalue weighted by Crippen LogP contribution is -2.51. The summed E-state index contributed by atoms with van der Waals surface area (Å²) in [5, 5.41) is 18.4. The average molecular weight is 532 g/mol. The van der Waals surface area contributed by atoms with E-state index >= 15 is 0 Å². The second-order valence-corrected chi connectivity index (χ2v) is 10.0. The number of rotatable bonds is 11. The van der Waals surface area contributed by atoms with Crippen LogP contribution in [0.4, 0.5) is 18.9 Å². The Morgan fingerprint density at radius 2 is 1.61 bits per heavy atom. The number of primary amides is 1. The lowest BCUT2D eigenvalue weighted by Gasteiger charge is -2.37. The number of β-amino-alcohol motifs (C(OH)–C–C–N with tert-alkyl or cyclic N) is 1. The number of hydrogen-bond acceptors (Lipinski definition) is 6. The quantitative estimate of drug-likeness (QED) is 0.429. The predicted molar refractivity (Wildman–Crippen MR) is 141 cm³/mol. The molecule has 38 heavy (non-hydrogen) atoms. The van der Waals surface area contributed by atoms with Crippen molar-refractivity contribution in [2.24, 2.45) is 11.7 Å². The molecule has 1 unspecified atom stereocenters. The number of alkyl halides is 3. The van der Waals surface area contributed by atoms with Crippen LogP contribution in [0.15, 0.2) is 48.5 Å². The number of halogens is 3. The van der Waals surface area contributed by atoms with Crippen molar-refractivity contribution < 1.29 is 23.1 Å². The van der Waals surface area contributed by atoms with Crippen LogP contribution in [0.5, 0.6) is 0 Å². The Hall–Kier alpha value is -3.13. The van der Waals surface area contributed by atoms with E-state index in [1.807, 2.05) is 24.3 Å². The Bertz CT molecular complexity index is 1080. The molecule has 10 heteroatoms. The van der Waals surface area contributed by atoms with Crippen molar-refractivity contribution in [2.45, 2.75) is 38.5 Å². The van der Waals surface area contributed by atoms with Crippen LogP contribution in [0.25, 0.3) is 11.1 Å². The normalized spacial score (nSPS) is 16.4. The molecule has 0 aliphatic carbocycles. The van der Waals surface area contributed by atoms with Crippen molar-refractivity contribution >= 4 is 11.6 Å². The third-order valence-electron chi connectivity index (χ3n) is 6.90. The molecule has 2 aromatic carbocycles. The summed E-state index contributed by atoms with van der Waals surface area (Å²) in [6, 6.07) is 12.4. The number of carbonyl (C=O) groups excluding carboxylic acids is 1. The van der Waals surface area contributed by atoms with Crippen molar-refractivity contribution in [3.05, 3.63) is 54.1 Å². The molecule has 0 radical (unpaired) electrons. The van der Waals surface area contributed by atoms with E-state index in [9.17, 15) is 23.2 Å². The number of aliphatic hydroxyl groups is 1. The summed E-state index contributed by atoms with van der Waals surface area (Å²) < 4.78 is 43.0. The van der Waals surface area contributed by atoms with Crippen LogP contribution in [0.2, 0.25) is 0 Å². The van der Waals surface area contributed by atoms with Crippen molar-refractivity contribution in [1.29, 1.82) is 5.26 Å². The molecule has 1 aliphatic rings. The minimum Gasteiger partial charge on any atom is -0.395 e. The van der Waals surface area contributed by atoms with Crippen LogP contribution in [-0.2, 0) is 4.79 Å². The largest absolute Gasteiger partial charge is 0.408 e. The van der Waals surface area contributed by atoms with Gasteiger partial charge in [0, 0.05) is 38.4 Å². The molecule has 1 fully saturated rings. The summed E-state index contributed by atoms with van der Waals surface area (Å²) in [5.41, 5.74) is 8.13. The van der Waals surface area contributed by atoms with Crippen LogP contribution < -0.4 is 10.6 Å². The summed E-state index contributed by atoms with van der Waals surface area (Å²) in [6.45, 7) is 7.29. The Kier molecular flexibility index (Phi) is 10.1. The van der Waals surface area contributed by atoms with Gasteiger partial charge in [-0.3, -0.25) is 14.6 Å². The van der Waals surface area contributed by atoms with E-state index in [0.717, 1.165) is 47.9 Å². The summed E-state index contributed by atoms with van der Waals surface area (Å²) in [4.78, 5) is 17.5. The van der Waals surface area contributed by atoms with Gasteiger partial charge in [0.1, 0.15) is 6.04 Å². The molecule has 1 amide bonds. The van der Waals surface area contributed by atoms with Gasteiger partial charge in [-0.05, 0) is 41.2 Å². The maximum absolute atomic E-state index is 14.3. The molecular formula is C28H36F3N5O2. The first kappa shape index (κ1) is 29.4. The van der Waals surface area contributed by atoms with Crippen LogP contribution >= 0.6 is 0 Å². The smallest absolute Gasteiger partial charge is 0.395 e. The molecule has 3 N–H and O–H groups in total. The Morgan fingerprint density at radius 1 is 1.05 bits per heavy atom. The fourth-order valence-electron chi connectivity index (χ4n) is 4.99. The number of aliphatic hydroxyl groups excluding tert-OH is 1. The van der Waals surface area contributed by atoms with Gasteiger partial charge in [0.15, 0.2) is 0 Å². The zero-order valence-corrected chi connectivity index (χ0v) is 21.9. The lowest BCUT2D eigenvalue weighted by molar-refractivity contribution is -0.192. The van der Waals surface area contributed by atoms with Gasteiger partial charge < -0.3 is 15.7 Å². The van der Waals surface area contributed by atoms with Gasteiger partial charge in [-0.2, -0.15) is 18.4 Å². The van der Waals surface area contributed by atoms with Crippen molar-refractivity contribution in [3.63, 3.8) is 0 Å². The number of carbonyl (C=O) groups is 1. The van der Waals surface area contributed by atoms with Gasteiger partial charge in [-0.1, -0.05) is 50.2 Å². The standard InChI is InChI=1S/C28H36F3N5O2/c1-20(2)19-25(27(33)38)36(12-11-32)26(28(29,30)31)23-5-3-21(4-6-23)22-7-9-24(10-8-22)35-15-13-34(14-16-35)17-18-37/h3-10,20,25-26,37H,12-19H2,1-2H3,(H2,33,38)/t25-,26?/m0/s1. The predicted octanol–water partition coefficient (Wildman–Crippen LogP) is 3.80. The van der Waals surface area contributed by atoms with Gasteiger partial charge in [-0.15, -0.1) is 0 Å². The number of nitrogens with zero attached hydrogens (tertiary/aromatic N) is 4. The van der Waals surface area contributed by atoms with E-state index in [0.29, 0.717) is 6.54 Å². The van der Waals surface area contributed by atoms with E-state index in [2.05, 4.69) is 9.80 Å². The van der Waals surface area contributed by atoms with Crippen LogP contribution in [-0.4, -0.2) is 78.9 Å². The van der Waals surface area contributed by atoms with Crippen LogP contribution in [0.1, 0.15) is 31.9 Å². The Balaban J connectivity index is 1.82. The van der Waals surface area contributed by atoms with Gasteiger partial charge in [0.2, 0.25) is 5.91 Å². The third kappa shape index (κ3) is 7.47. The fraction of sp³-hybridized carbons (Fsp3) is 0.500. The number of hydrogen-bond donors (Lipinski definition) is 2. The first-order valence-corrected chi connectivity index (χ1v) is 12.8. The van der Waals surface area contributed by atoms with Gasteiger partial charge in [0.05, 0.1) is 25.3 Å². The van der Waals surface area contributed by atoms with Gasteiger partial charge in [-0.25, -0.2) is 0 Å². The molecular weight excluding hydrogens is 495 g/mol. The maximum atomic E-state index is 14.3. The number of nitrogens with two attached hydrogens (primary N) is 1. The monoisotopic (exact) mass is 531 g/mol. The highest BCUT2D eigenvalue weighted by atomic mass is 19.4. The lowest BCUT2D eigenvalue weighted by atomic mass is 9.95. The van der Waals surface area contributed by atoms with Crippen molar-refractivity contribution in [2.75, 3.05) is 50.8 Å². The van der Waals surface area contributed by atoms with Crippen molar-refractivity contribution in [3.8, 4) is 17.2 Å². The highest BCUT2D eigenvalue weighted by Gasteiger charge is 2.48. The van der Waals surface area contributed by atoms with Gasteiger partial charge >= 0.3 is 6.18 Å². The fourth-order valence-corrected chi connectivity index (χ4v) is 4.99. The summed E-state index contributed by atoms with van der Waals surface area (Å²) >= 11 is 0. The first-order valence-electron chi connectivity index (χ1n) is 12.8. The molecule has 206 valence electrons. The molecule has 2 atom stereocenters. The number of amides is 1.